The summed E-state index contributed by atoms with van der Waals surface area (Å²) < 4.78 is 8.81. The van der Waals surface area contributed by atoms with E-state index in [9.17, 15) is 4.79 Å². The van der Waals surface area contributed by atoms with Gasteiger partial charge in [0.15, 0.2) is 4.80 Å². The number of carbonyl (C=O) groups is 1. The van der Waals surface area contributed by atoms with Crippen molar-refractivity contribution >= 4 is 27.5 Å². The minimum Gasteiger partial charge on any atom is -0.492 e. The second-order valence-electron chi connectivity index (χ2n) is 7.10. The Morgan fingerprint density at radius 3 is 2.48 bits per heavy atom. The summed E-state index contributed by atoms with van der Waals surface area (Å²) in [6, 6.07) is 23.9. The summed E-state index contributed by atoms with van der Waals surface area (Å²) in [5.74, 6) is 0.533. The van der Waals surface area contributed by atoms with Crippen LogP contribution in [-0.2, 0) is 13.0 Å². The summed E-state index contributed by atoms with van der Waals surface area (Å²) in [6.07, 6.45) is 2.64. The Labute approximate surface area is 185 Å². The number of benzene rings is 3. The molecular weight excluding hydrogens is 404 g/mol. The van der Waals surface area contributed by atoms with Crippen molar-refractivity contribution in [3.8, 4) is 5.75 Å². The summed E-state index contributed by atoms with van der Waals surface area (Å²) in [4.78, 5) is 18.0. The number of para-hydroxylation sites is 1. The standard InChI is InChI=1S/C26H24N2O2S/c1-3-17-28-24-22(30-4-2)11-8-12-23(24)31-26(28)27-25(29)21-15-13-20(14-16-21)18-19-9-6-5-7-10-19/h3,5-16H,1,4,17-18H2,2H3. The summed E-state index contributed by atoms with van der Waals surface area (Å²) in [7, 11) is 0. The Hall–Kier alpha value is -3.44. The molecule has 0 aliphatic rings. The zero-order chi connectivity index (χ0) is 21.6. The Morgan fingerprint density at radius 1 is 1.03 bits per heavy atom. The van der Waals surface area contributed by atoms with Gasteiger partial charge in [-0.2, -0.15) is 4.99 Å². The molecule has 4 nitrogen and oxygen atoms in total. The molecule has 0 bridgehead atoms. The zero-order valence-electron chi connectivity index (χ0n) is 17.5. The minimum atomic E-state index is -0.256. The molecule has 5 heteroatoms. The van der Waals surface area contributed by atoms with Crippen molar-refractivity contribution in [2.24, 2.45) is 4.99 Å². The smallest absolute Gasteiger partial charge is 0.279 e. The van der Waals surface area contributed by atoms with Gasteiger partial charge in [-0.3, -0.25) is 4.79 Å². The first kappa shape index (κ1) is 20.8. The summed E-state index contributed by atoms with van der Waals surface area (Å²) >= 11 is 1.48. The van der Waals surface area contributed by atoms with Crippen LogP contribution in [0.4, 0.5) is 0 Å². The van der Waals surface area contributed by atoms with Gasteiger partial charge in [0.2, 0.25) is 0 Å². The van der Waals surface area contributed by atoms with E-state index in [0.717, 1.165) is 28.0 Å². The van der Waals surface area contributed by atoms with E-state index in [4.69, 9.17) is 4.74 Å². The van der Waals surface area contributed by atoms with Crippen molar-refractivity contribution in [2.75, 3.05) is 6.61 Å². The Morgan fingerprint density at radius 2 is 1.77 bits per heavy atom. The van der Waals surface area contributed by atoms with E-state index in [1.165, 1.54) is 16.9 Å². The van der Waals surface area contributed by atoms with Crippen LogP contribution in [0, 0.1) is 0 Å². The number of nitrogens with zero attached hydrogens (tertiary/aromatic N) is 2. The number of fused-ring (bicyclic) bond motifs is 1. The van der Waals surface area contributed by atoms with Crippen LogP contribution in [0.1, 0.15) is 28.4 Å². The lowest BCUT2D eigenvalue weighted by Gasteiger charge is -2.08. The van der Waals surface area contributed by atoms with Crippen LogP contribution in [-0.4, -0.2) is 17.1 Å². The lowest BCUT2D eigenvalue weighted by atomic mass is 10.0. The maximum Gasteiger partial charge on any atom is 0.279 e. The van der Waals surface area contributed by atoms with Crippen molar-refractivity contribution in [1.82, 2.24) is 4.57 Å². The molecule has 3 aromatic carbocycles. The number of amides is 1. The van der Waals surface area contributed by atoms with Crippen LogP contribution in [0.15, 0.2) is 90.4 Å². The van der Waals surface area contributed by atoms with Gasteiger partial charge in [0, 0.05) is 12.1 Å². The number of aromatic nitrogens is 1. The number of rotatable bonds is 7. The van der Waals surface area contributed by atoms with E-state index >= 15 is 0 Å². The third-order valence-electron chi connectivity index (χ3n) is 4.92. The highest BCUT2D eigenvalue weighted by molar-refractivity contribution is 7.16. The van der Waals surface area contributed by atoms with Crippen LogP contribution in [0.5, 0.6) is 5.75 Å². The molecule has 0 saturated heterocycles. The van der Waals surface area contributed by atoms with Gasteiger partial charge in [-0.05, 0) is 48.7 Å². The first-order valence-electron chi connectivity index (χ1n) is 10.3. The van der Waals surface area contributed by atoms with E-state index in [2.05, 4.69) is 23.7 Å². The Bertz CT molecular complexity index is 1270. The third kappa shape index (κ3) is 4.67. The second-order valence-corrected chi connectivity index (χ2v) is 8.11. The van der Waals surface area contributed by atoms with Gasteiger partial charge >= 0.3 is 0 Å². The SMILES string of the molecule is C=CCn1c(=NC(=O)c2ccc(Cc3ccccc3)cc2)sc2cccc(OCC)c21. The molecule has 31 heavy (non-hydrogen) atoms. The van der Waals surface area contributed by atoms with Gasteiger partial charge in [0.1, 0.15) is 11.3 Å². The molecule has 1 aromatic heterocycles. The predicted molar refractivity (Wildman–Crippen MR) is 127 cm³/mol. The predicted octanol–water partition coefficient (Wildman–Crippen LogP) is 5.62. The summed E-state index contributed by atoms with van der Waals surface area (Å²) in [6.45, 7) is 6.94. The first-order chi connectivity index (χ1) is 15.2. The molecule has 0 N–H and O–H groups in total. The van der Waals surface area contributed by atoms with E-state index < -0.39 is 0 Å². The summed E-state index contributed by atoms with van der Waals surface area (Å²) in [5, 5.41) is 0. The van der Waals surface area contributed by atoms with E-state index in [-0.39, 0.29) is 5.91 Å². The average molecular weight is 429 g/mol. The van der Waals surface area contributed by atoms with Crippen LogP contribution >= 0.6 is 11.3 Å². The van der Waals surface area contributed by atoms with Gasteiger partial charge in [0.05, 0.1) is 11.3 Å². The zero-order valence-corrected chi connectivity index (χ0v) is 18.3. The number of ether oxygens (including phenoxy) is 1. The molecular formula is C26H24N2O2S. The van der Waals surface area contributed by atoms with Crippen LogP contribution in [0.25, 0.3) is 10.2 Å². The first-order valence-corrected chi connectivity index (χ1v) is 11.1. The van der Waals surface area contributed by atoms with E-state index in [0.29, 0.717) is 23.5 Å². The highest BCUT2D eigenvalue weighted by Gasteiger charge is 2.12. The van der Waals surface area contributed by atoms with Crippen LogP contribution < -0.4 is 9.54 Å². The van der Waals surface area contributed by atoms with Gasteiger partial charge in [-0.25, -0.2) is 0 Å². The van der Waals surface area contributed by atoms with Crippen LogP contribution in [0.2, 0.25) is 0 Å². The van der Waals surface area contributed by atoms with Gasteiger partial charge in [-0.15, -0.1) is 6.58 Å². The van der Waals surface area contributed by atoms with Gasteiger partial charge in [-0.1, -0.05) is 65.9 Å². The van der Waals surface area contributed by atoms with Crippen molar-refractivity contribution in [3.05, 3.63) is 107 Å². The molecule has 0 fully saturated rings. The quantitative estimate of drug-likeness (QED) is 0.359. The Balaban J connectivity index is 1.66. The fourth-order valence-electron chi connectivity index (χ4n) is 3.50. The number of hydrogen-bond acceptors (Lipinski definition) is 3. The molecule has 0 unspecified atom stereocenters. The number of carbonyl (C=O) groups excluding carboxylic acids is 1. The third-order valence-corrected chi connectivity index (χ3v) is 5.97. The molecule has 0 spiro atoms. The summed E-state index contributed by atoms with van der Waals surface area (Å²) in [5.41, 5.74) is 3.92. The minimum absolute atomic E-state index is 0.256. The average Bonchev–Trinajstić information content (AvgIpc) is 3.13. The van der Waals surface area contributed by atoms with Crippen molar-refractivity contribution < 1.29 is 9.53 Å². The molecule has 156 valence electrons. The molecule has 0 saturated carbocycles. The number of allylic oxidation sites excluding steroid dienone is 1. The number of thiazole rings is 1. The van der Waals surface area contributed by atoms with E-state index in [1.807, 2.05) is 72.2 Å². The monoisotopic (exact) mass is 428 g/mol. The molecule has 4 rings (SSSR count). The van der Waals surface area contributed by atoms with Crippen molar-refractivity contribution in [2.45, 2.75) is 19.9 Å². The fraction of sp³-hybridized carbons (Fsp3) is 0.154. The molecule has 0 aliphatic heterocycles. The molecule has 4 aromatic rings. The largest absolute Gasteiger partial charge is 0.492 e. The maximum atomic E-state index is 12.9. The van der Waals surface area contributed by atoms with Crippen LogP contribution in [0.3, 0.4) is 0 Å². The highest BCUT2D eigenvalue weighted by atomic mass is 32.1. The van der Waals surface area contributed by atoms with E-state index in [1.54, 1.807) is 6.08 Å². The normalized spacial score (nSPS) is 11.6. The lowest BCUT2D eigenvalue weighted by Crippen LogP contribution is -2.16. The molecule has 1 amide bonds. The van der Waals surface area contributed by atoms with Gasteiger partial charge in [0.25, 0.3) is 5.91 Å². The molecule has 0 aliphatic carbocycles. The molecule has 0 radical (unpaired) electrons. The van der Waals surface area contributed by atoms with Crippen molar-refractivity contribution in [1.29, 1.82) is 0 Å². The Kier molecular flexibility index (Phi) is 6.43. The lowest BCUT2D eigenvalue weighted by molar-refractivity contribution is 0.0998. The van der Waals surface area contributed by atoms with Crippen molar-refractivity contribution in [3.63, 3.8) is 0 Å². The van der Waals surface area contributed by atoms with Gasteiger partial charge < -0.3 is 9.30 Å². The molecule has 1 heterocycles. The number of hydrogen-bond donors (Lipinski definition) is 0. The highest BCUT2D eigenvalue weighted by Crippen LogP contribution is 2.27. The molecule has 0 atom stereocenters. The fourth-order valence-corrected chi connectivity index (χ4v) is 4.56. The maximum absolute atomic E-state index is 12.9. The second kappa shape index (κ2) is 9.58. The topological polar surface area (TPSA) is 43.6 Å².